The third-order valence-corrected chi connectivity index (χ3v) is 3.81. The molecule has 1 aliphatic carbocycles. The Hall–Kier alpha value is -0.180. The molecule has 1 aliphatic rings. The maximum Gasteiger partial charge on any atom is 0.307 e. The molecule has 1 unspecified atom stereocenters. The van der Waals surface area contributed by atoms with Crippen LogP contribution in [0.25, 0.3) is 0 Å². The summed E-state index contributed by atoms with van der Waals surface area (Å²) in [5.74, 6) is 1.96. The van der Waals surface area contributed by atoms with Crippen molar-refractivity contribution in [1.29, 1.82) is 0 Å². The molecule has 1 N–H and O–H groups in total. The van der Waals surface area contributed by atoms with Crippen LogP contribution >= 0.6 is 11.8 Å². The summed E-state index contributed by atoms with van der Waals surface area (Å²) in [4.78, 5) is 10.4. The van der Waals surface area contributed by atoms with Crippen molar-refractivity contribution in [3.05, 3.63) is 0 Å². The molecule has 1 rings (SSSR count). The van der Waals surface area contributed by atoms with Crippen molar-refractivity contribution in [2.45, 2.75) is 26.2 Å². The SMILES string of the molecule is CC(CSCC1CCC1)C(=O)O. The molecule has 0 saturated heterocycles. The molecule has 0 spiro atoms. The van der Waals surface area contributed by atoms with E-state index in [-0.39, 0.29) is 5.92 Å². The number of carboxylic acids is 1. The van der Waals surface area contributed by atoms with Crippen molar-refractivity contribution in [1.82, 2.24) is 0 Å². The van der Waals surface area contributed by atoms with Gasteiger partial charge in [0.15, 0.2) is 0 Å². The Morgan fingerprint density at radius 2 is 2.33 bits per heavy atom. The Kier molecular flexibility index (Phi) is 3.92. The first-order chi connectivity index (χ1) is 5.70. The smallest absolute Gasteiger partial charge is 0.307 e. The summed E-state index contributed by atoms with van der Waals surface area (Å²) in [5, 5.41) is 8.61. The number of aliphatic carboxylic acids is 1. The lowest BCUT2D eigenvalue weighted by Gasteiger charge is -2.24. The highest BCUT2D eigenvalue weighted by atomic mass is 32.2. The third-order valence-electron chi connectivity index (χ3n) is 2.37. The van der Waals surface area contributed by atoms with E-state index in [4.69, 9.17) is 5.11 Å². The monoisotopic (exact) mass is 188 g/mol. The molecule has 0 aromatic rings. The van der Waals surface area contributed by atoms with E-state index in [2.05, 4.69) is 0 Å². The molecule has 0 bridgehead atoms. The molecule has 1 saturated carbocycles. The van der Waals surface area contributed by atoms with E-state index in [9.17, 15) is 4.79 Å². The van der Waals surface area contributed by atoms with Gasteiger partial charge in [0.05, 0.1) is 5.92 Å². The molecule has 0 aromatic carbocycles. The van der Waals surface area contributed by atoms with Gasteiger partial charge in [0.2, 0.25) is 0 Å². The molecule has 12 heavy (non-hydrogen) atoms. The van der Waals surface area contributed by atoms with E-state index in [0.717, 1.165) is 17.4 Å². The first-order valence-electron chi connectivity index (χ1n) is 4.50. The maximum atomic E-state index is 10.4. The van der Waals surface area contributed by atoms with Gasteiger partial charge in [-0.05, 0) is 24.5 Å². The fourth-order valence-electron chi connectivity index (χ4n) is 1.14. The number of hydrogen-bond acceptors (Lipinski definition) is 2. The number of rotatable bonds is 5. The summed E-state index contributed by atoms with van der Waals surface area (Å²) in [5.41, 5.74) is 0. The number of thioether (sulfide) groups is 1. The number of carbonyl (C=O) groups is 1. The van der Waals surface area contributed by atoms with Gasteiger partial charge >= 0.3 is 5.97 Å². The van der Waals surface area contributed by atoms with Gasteiger partial charge in [0.25, 0.3) is 0 Å². The molecule has 1 fully saturated rings. The van der Waals surface area contributed by atoms with Crippen LogP contribution in [0.4, 0.5) is 0 Å². The fraction of sp³-hybridized carbons (Fsp3) is 0.889. The summed E-state index contributed by atoms with van der Waals surface area (Å²) in [7, 11) is 0. The van der Waals surface area contributed by atoms with E-state index in [1.807, 2.05) is 0 Å². The van der Waals surface area contributed by atoms with Gasteiger partial charge in [-0.2, -0.15) is 11.8 Å². The first kappa shape index (κ1) is 9.90. The van der Waals surface area contributed by atoms with Crippen molar-refractivity contribution >= 4 is 17.7 Å². The minimum absolute atomic E-state index is 0.185. The highest BCUT2D eigenvalue weighted by Gasteiger charge is 2.18. The first-order valence-corrected chi connectivity index (χ1v) is 5.66. The Morgan fingerprint density at radius 3 is 2.75 bits per heavy atom. The zero-order valence-electron chi connectivity index (χ0n) is 7.45. The van der Waals surface area contributed by atoms with Crippen LogP contribution in [-0.4, -0.2) is 22.6 Å². The van der Waals surface area contributed by atoms with E-state index >= 15 is 0 Å². The zero-order chi connectivity index (χ0) is 8.97. The summed E-state index contributed by atoms with van der Waals surface area (Å²) in [6.07, 6.45) is 4.09. The van der Waals surface area contributed by atoms with Gasteiger partial charge in [-0.15, -0.1) is 0 Å². The lowest BCUT2D eigenvalue weighted by atomic mass is 9.87. The van der Waals surface area contributed by atoms with Gasteiger partial charge in [0, 0.05) is 5.75 Å². The van der Waals surface area contributed by atoms with Crippen molar-refractivity contribution in [2.75, 3.05) is 11.5 Å². The quantitative estimate of drug-likeness (QED) is 0.719. The summed E-state index contributed by atoms with van der Waals surface area (Å²) in [6.45, 7) is 1.77. The highest BCUT2D eigenvalue weighted by molar-refractivity contribution is 7.99. The molecular formula is C9H16O2S. The van der Waals surface area contributed by atoms with Crippen LogP contribution in [0.15, 0.2) is 0 Å². The molecule has 0 radical (unpaired) electrons. The van der Waals surface area contributed by atoms with Crippen LogP contribution < -0.4 is 0 Å². The van der Waals surface area contributed by atoms with E-state index in [1.165, 1.54) is 19.3 Å². The van der Waals surface area contributed by atoms with Gasteiger partial charge in [-0.3, -0.25) is 4.79 Å². The number of carboxylic acid groups (broad SMARTS) is 1. The van der Waals surface area contributed by atoms with Crippen molar-refractivity contribution < 1.29 is 9.90 Å². The van der Waals surface area contributed by atoms with Gasteiger partial charge in [-0.1, -0.05) is 13.3 Å². The van der Waals surface area contributed by atoms with Crippen LogP contribution in [0.5, 0.6) is 0 Å². The summed E-state index contributed by atoms with van der Waals surface area (Å²) in [6, 6.07) is 0. The van der Waals surface area contributed by atoms with Crippen molar-refractivity contribution in [3.63, 3.8) is 0 Å². The fourth-order valence-corrected chi connectivity index (χ4v) is 2.44. The van der Waals surface area contributed by atoms with Gasteiger partial charge in [0.1, 0.15) is 0 Å². The lowest BCUT2D eigenvalue weighted by Crippen LogP contribution is -2.16. The van der Waals surface area contributed by atoms with Gasteiger partial charge < -0.3 is 5.11 Å². The predicted molar refractivity (Wildman–Crippen MR) is 51.5 cm³/mol. The van der Waals surface area contributed by atoms with E-state index in [0.29, 0.717) is 0 Å². The molecule has 0 amide bonds. The Morgan fingerprint density at radius 1 is 1.67 bits per heavy atom. The average molecular weight is 188 g/mol. The standard InChI is InChI=1S/C9H16O2S/c1-7(9(10)11)5-12-6-8-3-2-4-8/h7-8H,2-6H2,1H3,(H,10,11). The third kappa shape index (κ3) is 3.05. The summed E-state index contributed by atoms with van der Waals surface area (Å²) < 4.78 is 0. The molecule has 70 valence electrons. The van der Waals surface area contributed by atoms with Crippen molar-refractivity contribution in [2.24, 2.45) is 11.8 Å². The zero-order valence-corrected chi connectivity index (χ0v) is 8.27. The topological polar surface area (TPSA) is 37.3 Å². The maximum absolute atomic E-state index is 10.4. The van der Waals surface area contributed by atoms with E-state index < -0.39 is 5.97 Å². The van der Waals surface area contributed by atoms with Crippen LogP contribution in [0.1, 0.15) is 26.2 Å². The average Bonchev–Trinajstić information content (AvgIpc) is 1.93. The number of hydrogen-bond donors (Lipinski definition) is 1. The van der Waals surface area contributed by atoms with Crippen LogP contribution in [0.2, 0.25) is 0 Å². The Labute approximate surface area is 77.7 Å². The molecular weight excluding hydrogens is 172 g/mol. The highest BCUT2D eigenvalue weighted by Crippen LogP contribution is 2.30. The van der Waals surface area contributed by atoms with E-state index in [1.54, 1.807) is 18.7 Å². The largest absolute Gasteiger partial charge is 0.481 e. The van der Waals surface area contributed by atoms with Crippen molar-refractivity contribution in [3.8, 4) is 0 Å². The van der Waals surface area contributed by atoms with Gasteiger partial charge in [-0.25, -0.2) is 0 Å². The molecule has 3 heteroatoms. The van der Waals surface area contributed by atoms with Crippen LogP contribution in [0, 0.1) is 11.8 Å². The second-order valence-corrected chi connectivity index (χ2v) is 4.65. The van der Waals surface area contributed by atoms with Crippen LogP contribution in [0.3, 0.4) is 0 Å². The minimum Gasteiger partial charge on any atom is -0.481 e. The molecule has 0 aromatic heterocycles. The lowest BCUT2D eigenvalue weighted by molar-refractivity contribution is -0.140. The Balaban J connectivity index is 1.97. The second-order valence-electron chi connectivity index (χ2n) is 3.57. The predicted octanol–water partition coefficient (Wildman–Crippen LogP) is 2.24. The molecule has 1 atom stereocenters. The molecule has 0 aliphatic heterocycles. The molecule has 2 nitrogen and oxygen atoms in total. The van der Waals surface area contributed by atoms with Crippen LogP contribution in [-0.2, 0) is 4.79 Å². The second kappa shape index (κ2) is 4.75. The minimum atomic E-state index is -0.670. The summed E-state index contributed by atoms with van der Waals surface area (Å²) >= 11 is 1.79. The normalized spacial score (nSPS) is 20.1. The Bertz CT molecular complexity index is 155. The molecule has 0 heterocycles.